The molecule has 0 saturated heterocycles. The molecule has 0 spiro atoms. The first-order valence-corrected chi connectivity index (χ1v) is 9.77. The predicted octanol–water partition coefficient (Wildman–Crippen LogP) is 4.49. The Bertz CT molecular complexity index is 1120. The monoisotopic (exact) mass is 416 g/mol. The lowest BCUT2D eigenvalue weighted by molar-refractivity contribution is -0.106. The molecule has 0 radical (unpaired) electrons. The fourth-order valence-corrected chi connectivity index (χ4v) is 3.72. The van der Waals surface area contributed by atoms with E-state index in [9.17, 15) is 9.90 Å². The largest absolute Gasteiger partial charge is 0.367 e. The van der Waals surface area contributed by atoms with Crippen LogP contribution >= 0.6 is 11.6 Å². The Morgan fingerprint density at radius 2 is 1.87 bits per heavy atom. The number of benzene rings is 2. The van der Waals surface area contributed by atoms with Gasteiger partial charge < -0.3 is 5.11 Å². The predicted molar refractivity (Wildman–Crippen MR) is 117 cm³/mol. The quantitative estimate of drug-likeness (QED) is 0.428. The highest BCUT2D eigenvalue weighted by Crippen LogP contribution is 2.40. The minimum Gasteiger partial charge on any atom is -0.367 e. The summed E-state index contributed by atoms with van der Waals surface area (Å²) in [6, 6.07) is 16.7. The van der Waals surface area contributed by atoms with Crippen LogP contribution in [0, 0.1) is 18.3 Å². The zero-order chi connectivity index (χ0) is 21.7. The van der Waals surface area contributed by atoms with Crippen LogP contribution in [0.2, 0.25) is 0 Å². The van der Waals surface area contributed by atoms with Crippen LogP contribution in [-0.2, 0) is 17.1 Å². The number of hydrogen-bond donors (Lipinski definition) is 1. The van der Waals surface area contributed by atoms with Crippen LogP contribution in [0.15, 0.2) is 88.7 Å². The first kappa shape index (κ1) is 21.5. The third-order valence-corrected chi connectivity index (χ3v) is 5.38. The summed E-state index contributed by atoms with van der Waals surface area (Å²) in [6.07, 6.45) is 5.55. The number of carbonyl (C=O) groups is 1. The average Bonchev–Trinajstić information content (AvgIpc) is 2.95. The van der Waals surface area contributed by atoms with Crippen molar-refractivity contribution in [2.24, 2.45) is 0 Å². The van der Waals surface area contributed by atoms with E-state index in [0.717, 1.165) is 11.1 Å². The third-order valence-electron chi connectivity index (χ3n) is 5.06. The van der Waals surface area contributed by atoms with E-state index < -0.39 is 5.72 Å². The highest BCUT2D eigenvalue weighted by atomic mass is 35.5. The molecule has 1 aliphatic carbocycles. The molecule has 30 heavy (non-hydrogen) atoms. The van der Waals surface area contributed by atoms with Gasteiger partial charge in [0.15, 0.2) is 12.0 Å². The molecule has 5 heteroatoms. The molecule has 1 aliphatic rings. The van der Waals surface area contributed by atoms with Crippen LogP contribution in [0.25, 0.3) is 0 Å². The van der Waals surface area contributed by atoms with Gasteiger partial charge in [-0.15, -0.1) is 5.73 Å². The van der Waals surface area contributed by atoms with Gasteiger partial charge in [0.05, 0.1) is 17.2 Å². The van der Waals surface area contributed by atoms with Gasteiger partial charge in [-0.2, -0.15) is 5.26 Å². The lowest BCUT2D eigenvalue weighted by Crippen LogP contribution is -2.46. The maximum Gasteiger partial charge on any atom is 0.173 e. The first-order valence-electron chi connectivity index (χ1n) is 9.39. The average molecular weight is 417 g/mol. The number of aliphatic hydroxyl groups is 1. The van der Waals surface area contributed by atoms with Gasteiger partial charge in [-0.1, -0.05) is 59.6 Å². The molecule has 4 nitrogen and oxygen atoms in total. The molecule has 0 amide bonds. The Morgan fingerprint density at radius 3 is 2.47 bits per heavy atom. The van der Waals surface area contributed by atoms with Gasteiger partial charge >= 0.3 is 0 Å². The van der Waals surface area contributed by atoms with Crippen molar-refractivity contribution in [2.45, 2.75) is 19.2 Å². The van der Waals surface area contributed by atoms with Crippen LogP contribution in [-0.4, -0.2) is 23.3 Å². The SMILES string of the molecule is Cc1ccc(C(O)(C2=C(Cl)C=CC=C=C2C=O)N(C)Cc2ccc(C#N)cc2)cc1. The molecular formula is C25H21ClN2O2. The minimum atomic E-state index is -1.69. The molecule has 0 aliphatic heterocycles. The Labute approximate surface area is 181 Å². The molecule has 0 aromatic heterocycles. The number of nitrogens with zero attached hydrogens (tertiary/aromatic N) is 2. The summed E-state index contributed by atoms with van der Waals surface area (Å²) in [5, 5.41) is 21.4. The Kier molecular flexibility index (Phi) is 6.52. The minimum absolute atomic E-state index is 0.180. The van der Waals surface area contributed by atoms with Gasteiger partial charge in [0, 0.05) is 22.7 Å². The van der Waals surface area contributed by atoms with Crippen LogP contribution in [0.1, 0.15) is 22.3 Å². The summed E-state index contributed by atoms with van der Waals surface area (Å²) in [7, 11) is 1.76. The van der Waals surface area contributed by atoms with Gasteiger partial charge in [-0.3, -0.25) is 9.69 Å². The van der Waals surface area contributed by atoms with Gasteiger partial charge in [0.2, 0.25) is 0 Å². The molecule has 0 saturated carbocycles. The van der Waals surface area contributed by atoms with E-state index in [1.807, 2.05) is 43.3 Å². The second-order valence-electron chi connectivity index (χ2n) is 7.13. The lowest BCUT2D eigenvalue weighted by atomic mass is 9.87. The molecule has 150 valence electrons. The zero-order valence-corrected chi connectivity index (χ0v) is 17.5. The fraction of sp³-hybridized carbons (Fsp3) is 0.160. The van der Waals surface area contributed by atoms with E-state index in [1.165, 1.54) is 0 Å². The van der Waals surface area contributed by atoms with E-state index in [0.29, 0.717) is 24.0 Å². The van der Waals surface area contributed by atoms with E-state index in [2.05, 4.69) is 11.8 Å². The third kappa shape index (κ3) is 4.21. The molecule has 2 aromatic carbocycles. The van der Waals surface area contributed by atoms with Crippen molar-refractivity contribution < 1.29 is 9.90 Å². The van der Waals surface area contributed by atoms with Crippen molar-refractivity contribution >= 4 is 17.9 Å². The van der Waals surface area contributed by atoms with E-state index >= 15 is 0 Å². The molecule has 1 atom stereocenters. The highest BCUT2D eigenvalue weighted by Gasteiger charge is 2.41. The van der Waals surface area contributed by atoms with E-state index in [4.69, 9.17) is 16.9 Å². The van der Waals surface area contributed by atoms with Crippen molar-refractivity contribution in [3.8, 4) is 6.07 Å². The number of nitriles is 1. The summed E-state index contributed by atoms with van der Waals surface area (Å²) in [5.41, 5.74) is 4.74. The molecular weight excluding hydrogens is 396 g/mol. The fourth-order valence-electron chi connectivity index (χ4n) is 3.42. The lowest BCUT2D eigenvalue weighted by Gasteiger charge is -2.40. The van der Waals surface area contributed by atoms with Crippen molar-refractivity contribution in [1.29, 1.82) is 5.26 Å². The number of aryl methyl sites for hydroxylation is 1. The van der Waals surface area contributed by atoms with Crippen LogP contribution in [0.5, 0.6) is 0 Å². The van der Waals surface area contributed by atoms with Crippen LogP contribution in [0.3, 0.4) is 0 Å². The maximum absolute atomic E-state index is 12.1. The van der Waals surface area contributed by atoms with Crippen molar-refractivity contribution in [1.82, 2.24) is 4.90 Å². The molecule has 3 rings (SSSR count). The number of aldehydes is 1. The highest BCUT2D eigenvalue weighted by molar-refractivity contribution is 6.32. The summed E-state index contributed by atoms with van der Waals surface area (Å²) >= 11 is 6.54. The van der Waals surface area contributed by atoms with Crippen LogP contribution < -0.4 is 0 Å². The Hall–Kier alpha value is -3.19. The van der Waals surface area contributed by atoms with Gasteiger partial charge in [-0.05, 0) is 43.8 Å². The number of rotatable bonds is 6. The molecule has 0 heterocycles. The Balaban J connectivity index is 2.15. The second-order valence-corrected chi connectivity index (χ2v) is 7.53. The number of halogens is 1. The van der Waals surface area contributed by atoms with Crippen molar-refractivity contribution in [2.75, 3.05) is 7.05 Å². The zero-order valence-electron chi connectivity index (χ0n) is 16.8. The van der Waals surface area contributed by atoms with Gasteiger partial charge in [-0.25, -0.2) is 0 Å². The summed E-state index contributed by atoms with van der Waals surface area (Å²) < 4.78 is 0. The van der Waals surface area contributed by atoms with E-state index in [-0.39, 0.29) is 16.2 Å². The summed E-state index contributed by atoms with van der Waals surface area (Å²) in [5.74, 6) is 0. The topological polar surface area (TPSA) is 64.3 Å². The summed E-state index contributed by atoms with van der Waals surface area (Å²) in [6.45, 7) is 2.31. The second kappa shape index (κ2) is 9.09. The summed E-state index contributed by atoms with van der Waals surface area (Å²) in [4.78, 5) is 13.6. The van der Waals surface area contributed by atoms with Crippen molar-refractivity contribution in [3.05, 3.63) is 111 Å². The molecule has 0 bridgehead atoms. The normalized spacial score (nSPS) is 15.4. The van der Waals surface area contributed by atoms with Gasteiger partial charge in [0.1, 0.15) is 0 Å². The molecule has 1 unspecified atom stereocenters. The van der Waals surface area contributed by atoms with Gasteiger partial charge in [0.25, 0.3) is 0 Å². The standard InChI is InChI=1S/C25H21ClN2O2/c1-18-7-13-22(14-8-18)25(30,24-21(17-29)5-3-4-6-23(24)26)28(2)16-20-11-9-19(15-27)10-12-20/h3-4,6-14,17,30H,16H2,1-2H3. The molecule has 0 fully saturated rings. The number of likely N-dealkylation sites (N-methyl/N-ethyl adjacent to an activating group) is 1. The van der Waals surface area contributed by atoms with Crippen molar-refractivity contribution in [3.63, 3.8) is 0 Å². The smallest absolute Gasteiger partial charge is 0.173 e. The maximum atomic E-state index is 12.1. The number of carbonyl (C=O) groups excluding carboxylic acids is 1. The van der Waals surface area contributed by atoms with Crippen LogP contribution in [0.4, 0.5) is 0 Å². The number of allylic oxidation sites excluding steroid dienone is 3. The van der Waals surface area contributed by atoms with E-state index in [1.54, 1.807) is 42.3 Å². The number of hydrogen-bond acceptors (Lipinski definition) is 4. The Morgan fingerprint density at radius 1 is 1.20 bits per heavy atom. The molecule has 2 aromatic rings. The first-order chi connectivity index (χ1) is 14.4. The molecule has 1 N–H and O–H groups in total.